The van der Waals surface area contributed by atoms with E-state index in [1.807, 2.05) is 30.3 Å². The molecule has 144 heavy (non-hydrogen) atoms. The molecule has 11 aromatic heterocycles. The average molecular weight is 1840 g/mol. The minimum absolute atomic E-state index is 0.641. The van der Waals surface area contributed by atoms with Crippen molar-refractivity contribution in [2.24, 2.45) is 0 Å². The molecule has 0 saturated carbocycles. The van der Waals surface area contributed by atoms with Crippen molar-refractivity contribution < 1.29 is 0 Å². The molecule has 12 nitrogen and oxygen atoms in total. The van der Waals surface area contributed by atoms with Crippen LogP contribution in [0.4, 0.5) is 5.69 Å². The van der Waals surface area contributed by atoms with Crippen molar-refractivity contribution >= 4 is 202 Å². The van der Waals surface area contributed by atoms with E-state index in [1.165, 1.54) is 180 Å². The summed E-state index contributed by atoms with van der Waals surface area (Å²) in [5, 5.41) is 22.3. The number of aromatic nitrogens is 11. The van der Waals surface area contributed by atoms with Crippen LogP contribution < -0.4 is 0 Å². The van der Waals surface area contributed by atoms with Crippen LogP contribution in [0.1, 0.15) is 5.56 Å². The van der Waals surface area contributed by atoms with Gasteiger partial charge in [0, 0.05) is 103 Å². The molecule has 0 aliphatic carbocycles. The summed E-state index contributed by atoms with van der Waals surface area (Å²) < 4.78 is 21.0. The summed E-state index contributed by atoms with van der Waals surface area (Å²) in [6.07, 6.45) is 0. The molecule has 0 aliphatic heterocycles. The second kappa shape index (κ2) is 33.6. The second-order valence-corrected chi connectivity index (χ2v) is 37.1. The van der Waals surface area contributed by atoms with Gasteiger partial charge in [-0.05, 0) is 194 Å². The van der Waals surface area contributed by atoms with Crippen molar-refractivity contribution in [1.82, 2.24) is 51.1 Å². The van der Waals surface area contributed by atoms with Gasteiger partial charge in [-0.25, -0.2) is 14.8 Å². The third-order valence-corrected chi connectivity index (χ3v) is 29.0. The van der Waals surface area contributed by atoms with Gasteiger partial charge in [0.1, 0.15) is 23.3 Å². The monoisotopic (exact) mass is 1840 g/mol. The van der Waals surface area contributed by atoms with Crippen molar-refractivity contribution in [3.63, 3.8) is 0 Å². The number of hydrogen-bond donors (Lipinski definition) is 0. The van der Waals surface area contributed by atoms with E-state index in [0.717, 1.165) is 73.2 Å². The normalized spacial score (nSPS) is 11.8. The number of fused-ring (bicyclic) bond motifs is 27. The largest absolute Gasteiger partial charge is 0.309 e. The maximum atomic E-state index is 7.45. The highest BCUT2D eigenvalue weighted by molar-refractivity contribution is 6.18. The molecule has 0 N–H and O–H groups in total. The first kappa shape index (κ1) is 82.6. The zero-order valence-corrected chi connectivity index (χ0v) is 78.3. The quantitative estimate of drug-likeness (QED) is 0.135. The van der Waals surface area contributed by atoms with Crippen molar-refractivity contribution in [3.05, 3.63) is 520 Å². The number of para-hydroxylation sites is 16. The van der Waals surface area contributed by atoms with Gasteiger partial charge in [0.05, 0.1) is 123 Å². The van der Waals surface area contributed by atoms with Crippen LogP contribution in [0.25, 0.3) is 253 Å². The highest BCUT2D eigenvalue weighted by atomic mass is 15.2. The molecule has 0 radical (unpaired) electrons. The van der Waals surface area contributed by atoms with E-state index in [-0.39, 0.29) is 0 Å². The maximum absolute atomic E-state index is 7.45. The predicted molar refractivity (Wildman–Crippen MR) is 601 cm³/mol. The van der Waals surface area contributed by atoms with E-state index < -0.39 is 0 Å². The van der Waals surface area contributed by atoms with Crippen LogP contribution in [0.15, 0.2) is 504 Å². The molecule has 0 atom stereocenters. The molecule has 0 unspecified atom stereocenters. The molecule has 11 heterocycles. The van der Waals surface area contributed by atoms with Crippen LogP contribution in [0.2, 0.25) is 0 Å². The molecule has 0 bridgehead atoms. The summed E-state index contributed by atoms with van der Waals surface area (Å²) in [5.74, 6) is 3.56. The lowest BCUT2D eigenvalue weighted by atomic mass is 10.1. The zero-order valence-electron chi connectivity index (χ0n) is 78.3. The third kappa shape index (κ3) is 13.1. The summed E-state index contributed by atoms with van der Waals surface area (Å²) in [6.45, 7) is 9.59. The molecular weight excluding hydrogens is 1750 g/mol. The molecule has 0 aliphatic rings. The lowest BCUT2D eigenvalue weighted by molar-refractivity contribution is 1.01. The van der Waals surface area contributed by atoms with Gasteiger partial charge in [0.25, 0.3) is 0 Å². The Morgan fingerprint density at radius 3 is 0.535 bits per heavy atom. The van der Waals surface area contributed by atoms with Crippen molar-refractivity contribution in [2.75, 3.05) is 0 Å². The van der Waals surface area contributed by atoms with E-state index in [9.17, 15) is 0 Å². The van der Waals surface area contributed by atoms with Crippen molar-refractivity contribution in [1.29, 1.82) is 0 Å². The number of pyridine rings is 2. The van der Waals surface area contributed by atoms with Gasteiger partial charge in [-0.2, -0.15) is 0 Å². The van der Waals surface area contributed by atoms with Crippen LogP contribution in [-0.2, 0) is 0 Å². The van der Waals surface area contributed by atoms with Gasteiger partial charge < -0.3 is 22.8 Å². The lowest BCUT2D eigenvalue weighted by Gasteiger charge is -2.17. The topological polar surface area (TPSA) is 74.5 Å². The number of benzene rings is 20. The third-order valence-electron chi connectivity index (χ3n) is 29.0. The van der Waals surface area contributed by atoms with Gasteiger partial charge in [-0.3, -0.25) is 18.3 Å². The predicted octanol–water partition coefficient (Wildman–Crippen LogP) is 34.3. The number of hydrogen-bond acceptors (Lipinski definition) is 2. The summed E-state index contributed by atoms with van der Waals surface area (Å²) >= 11 is 0. The van der Waals surface area contributed by atoms with Crippen LogP contribution in [0.5, 0.6) is 0 Å². The van der Waals surface area contributed by atoms with E-state index in [0.29, 0.717) is 5.69 Å². The summed E-state index contributed by atoms with van der Waals surface area (Å²) in [4.78, 5) is 14.0. The van der Waals surface area contributed by atoms with Crippen LogP contribution >= 0.6 is 0 Å². The minimum atomic E-state index is 0.641. The Bertz CT molecular complexity index is 9500. The van der Waals surface area contributed by atoms with Crippen LogP contribution in [-0.4, -0.2) is 51.1 Å². The Labute approximate surface area is 826 Å². The Balaban J connectivity index is 0.0000000944. The molecule has 0 spiro atoms. The summed E-state index contributed by atoms with van der Waals surface area (Å²) in [7, 11) is 0. The fourth-order valence-corrected chi connectivity index (χ4v) is 23.0. The van der Waals surface area contributed by atoms with Crippen LogP contribution in [0, 0.1) is 13.5 Å². The Morgan fingerprint density at radius 2 is 0.312 bits per heavy atom. The number of rotatable bonds is 9. The number of aryl methyl sites for hydroxylation is 1. The molecule has 0 fully saturated rings. The summed E-state index contributed by atoms with van der Waals surface area (Å²) in [5.41, 5.74) is 28.8. The van der Waals surface area contributed by atoms with Gasteiger partial charge in [0.15, 0.2) is 5.69 Å². The molecule has 0 amide bonds. The first-order chi connectivity index (χ1) is 71.4. The molecule has 31 aromatic rings. The van der Waals surface area contributed by atoms with Gasteiger partial charge in [-0.15, -0.1) is 0 Å². The Kier molecular flexibility index (Phi) is 19.3. The number of nitrogens with zero attached hydrogens (tertiary/aromatic N) is 12. The molecular formula is C132H86N12. The van der Waals surface area contributed by atoms with E-state index >= 15 is 0 Å². The highest BCUT2D eigenvalue weighted by Crippen LogP contribution is 2.45. The first-order valence-corrected chi connectivity index (χ1v) is 48.9. The van der Waals surface area contributed by atoms with Crippen LogP contribution in [0.3, 0.4) is 0 Å². The fourth-order valence-electron chi connectivity index (χ4n) is 23.0. The maximum Gasteiger partial charge on any atom is 0.188 e. The zero-order chi connectivity index (χ0) is 95.1. The second-order valence-electron chi connectivity index (χ2n) is 37.1. The molecule has 674 valence electrons. The van der Waals surface area contributed by atoms with Crippen molar-refractivity contribution in [3.8, 4) is 51.7 Å². The van der Waals surface area contributed by atoms with E-state index in [4.69, 9.17) is 16.5 Å². The standard InChI is InChI=1S/C42H27N3.C31H20N4.C30H20N2.C29H19N3/c1-7-19-37-31(13-1)32-14-2-8-20-38(32)43(37)28-25-29(44-39-21-9-3-15-33(39)34-16-4-10-22-40(34)44)27-30(26-28)45-41-23-11-5-17-35(41)36-18-6-12-24-42(36)45;1-20-14-16-28-24(18-20)22-8-3-5-10-26(22)34(28)30-12-7-13-31(33-30)35-27-11-6-4-9-23(27)25-19-21(32-2)15-17-29(25)35;1-5-16-27-23(12-1)24-13-2-6-17-28(24)31(27)21-10-9-11-22(20-21)32-29-18-7-3-14-25(29)26-15-4-8-19-30(26)32;1-5-14-24-20(10-1)21-11-2-6-15-25(21)31(24)28-18-9-19-29(30-28)32-26-16-7-3-12-22(26)23-13-4-8-17-27(23)32/h1-27H;3-19H,1H3;1-20H;1-19H. The smallest absolute Gasteiger partial charge is 0.188 e. The van der Waals surface area contributed by atoms with E-state index in [1.54, 1.807) is 0 Å². The van der Waals surface area contributed by atoms with Gasteiger partial charge >= 0.3 is 0 Å². The molecule has 20 aromatic carbocycles. The Hall–Kier alpha value is -19.6. The first-order valence-electron chi connectivity index (χ1n) is 48.9. The fraction of sp³-hybridized carbons (Fsp3) is 0.00758. The SMILES string of the molecule is [C-]#[N+]c1ccc2c(c1)c1ccccc1n2-c1cccc(-n2c3ccccc3c3cc(C)ccc32)n1.c1cc(-n2c3ccccc3c3ccccc32)cc(-n2c3ccccc3c3ccccc32)c1.c1cc(-n2c3ccccc3c3ccccc32)nc(-n2c3ccccc3c3ccccc32)c1.c1ccc2c(c1)c1ccccc1n2-c1cc(-n2c3ccccc3c3ccccc32)cc(-n2c3ccccc3c3ccccc32)c1. The van der Waals surface area contributed by atoms with Gasteiger partial charge in [0.2, 0.25) is 0 Å². The highest BCUT2D eigenvalue weighted by Gasteiger charge is 2.25. The Morgan fingerprint density at radius 1 is 0.146 bits per heavy atom. The van der Waals surface area contributed by atoms with Gasteiger partial charge in [-0.1, -0.05) is 327 Å². The lowest BCUT2D eigenvalue weighted by Crippen LogP contribution is -2.03. The minimum Gasteiger partial charge on any atom is -0.309 e. The average Bonchev–Trinajstić information content (AvgIpc) is 1.53. The molecule has 12 heteroatoms. The van der Waals surface area contributed by atoms with E-state index in [2.05, 4.69) is 526 Å². The summed E-state index contributed by atoms with van der Waals surface area (Å²) in [6, 6.07) is 179. The molecule has 0 saturated heterocycles. The van der Waals surface area contributed by atoms with Crippen molar-refractivity contribution in [2.45, 2.75) is 6.92 Å². The molecule has 31 rings (SSSR count).